The van der Waals surface area contributed by atoms with Crippen molar-refractivity contribution in [1.82, 2.24) is 0 Å². The molecule has 2 unspecified atom stereocenters. The highest BCUT2D eigenvalue weighted by Gasteiger charge is 2.38. The smallest absolute Gasteiger partial charge is 0.310 e. The Balaban J connectivity index is 1.63. The summed E-state index contributed by atoms with van der Waals surface area (Å²) in [5.41, 5.74) is 2.51. The third-order valence-electron chi connectivity index (χ3n) is 4.76. The van der Waals surface area contributed by atoms with Gasteiger partial charge < -0.3 is 4.74 Å². The van der Waals surface area contributed by atoms with Crippen molar-refractivity contribution < 1.29 is 9.53 Å². The fourth-order valence-corrected chi connectivity index (χ4v) is 4.87. The number of esters is 1. The van der Waals surface area contributed by atoms with Gasteiger partial charge in [-0.1, -0.05) is 49.1 Å². The molecule has 0 amide bonds. The van der Waals surface area contributed by atoms with E-state index < -0.39 is 0 Å². The first-order valence-corrected chi connectivity index (χ1v) is 9.14. The molecular weight excluding hydrogens is 280 g/mol. The Morgan fingerprint density at radius 3 is 2.57 bits per heavy atom. The second-order valence-corrected chi connectivity index (χ2v) is 7.68. The zero-order valence-electron chi connectivity index (χ0n) is 12.7. The lowest BCUT2D eigenvalue weighted by Gasteiger charge is -2.23. The van der Waals surface area contributed by atoms with E-state index in [4.69, 9.17) is 4.74 Å². The summed E-state index contributed by atoms with van der Waals surface area (Å²) < 4.78 is 5.35. The zero-order valence-corrected chi connectivity index (χ0v) is 13.5. The topological polar surface area (TPSA) is 26.3 Å². The van der Waals surface area contributed by atoms with Crippen LogP contribution in [0.1, 0.15) is 49.1 Å². The molecule has 2 fully saturated rings. The minimum atomic E-state index is 0.00360. The molecule has 1 saturated carbocycles. The molecule has 114 valence electrons. The first-order valence-electron chi connectivity index (χ1n) is 8.09. The summed E-state index contributed by atoms with van der Waals surface area (Å²) in [6.07, 6.45) is 6.74. The van der Waals surface area contributed by atoms with Crippen molar-refractivity contribution >= 4 is 17.7 Å². The average molecular weight is 304 g/mol. The lowest BCUT2D eigenvalue weighted by atomic mass is 9.89. The van der Waals surface area contributed by atoms with Gasteiger partial charge in [0.05, 0.1) is 12.5 Å². The third kappa shape index (κ3) is 3.63. The van der Waals surface area contributed by atoms with Crippen molar-refractivity contribution in [1.29, 1.82) is 0 Å². The van der Waals surface area contributed by atoms with Gasteiger partial charge in [-0.2, -0.15) is 11.8 Å². The number of hydrogen-bond acceptors (Lipinski definition) is 3. The van der Waals surface area contributed by atoms with Crippen molar-refractivity contribution in [2.45, 2.75) is 50.2 Å². The lowest BCUT2D eigenvalue weighted by Crippen LogP contribution is -2.20. The van der Waals surface area contributed by atoms with E-state index >= 15 is 0 Å². The first-order chi connectivity index (χ1) is 10.2. The molecule has 2 aliphatic rings. The normalized spacial score (nSPS) is 26.8. The highest BCUT2D eigenvalue weighted by molar-refractivity contribution is 7.99. The van der Waals surface area contributed by atoms with Crippen LogP contribution < -0.4 is 0 Å². The summed E-state index contributed by atoms with van der Waals surface area (Å²) in [5.74, 6) is 1.21. The highest BCUT2D eigenvalue weighted by Crippen LogP contribution is 2.37. The van der Waals surface area contributed by atoms with Crippen LogP contribution in [0.4, 0.5) is 0 Å². The Labute approximate surface area is 131 Å². The first kappa shape index (κ1) is 15.0. The highest BCUT2D eigenvalue weighted by atomic mass is 32.2. The number of thioether (sulfide) groups is 1. The van der Waals surface area contributed by atoms with E-state index in [-0.39, 0.29) is 17.8 Å². The SMILES string of the molecule is Cc1ccc(C2COC(=O)C2CSC2CCCCC2)cc1. The maximum absolute atomic E-state index is 12.1. The lowest BCUT2D eigenvalue weighted by molar-refractivity contribution is -0.140. The zero-order chi connectivity index (χ0) is 14.7. The molecule has 3 heteroatoms. The Hall–Kier alpha value is -0.960. The minimum absolute atomic E-state index is 0.00360. The number of benzene rings is 1. The summed E-state index contributed by atoms with van der Waals surface area (Å²) in [4.78, 5) is 12.1. The van der Waals surface area contributed by atoms with Gasteiger partial charge in [-0.15, -0.1) is 0 Å². The number of ether oxygens (including phenoxy) is 1. The molecular formula is C18H24O2S. The predicted molar refractivity (Wildman–Crippen MR) is 87.7 cm³/mol. The van der Waals surface area contributed by atoms with Crippen LogP contribution in [-0.2, 0) is 9.53 Å². The van der Waals surface area contributed by atoms with Gasteiger partial charge in [-0.05, 0) is 25.3 Å². The molecule has 21 heavy (non-hydrogen) atoms. The largest absolute Gasteiger partial charge is 0.465 e. The molecule has 1 saturated heterocycles. The summed E-state index contributed by atoms with van der Waals surface area (Å²) in [5, 5.41) is 0.755. The summed E-state index contributed by atoms with van der Waals surface area (Å²) in [6, 6.07) is 8.56. The number of aryl methyl sites for hydroxylation is 1. The van der Waals surface area contributed by atoms with Crippen molar-refractivity contribution in [3.8, 4) is 0 Å². The van der Waals surface area contributed by atoms with Gasteiger partial charge in [0.2, 0.25) is 0 Å². The number of rotatable bonds is 4. The summed E-state index contributed by atoms with van der Waals surface area (Å²) in [6.45, 7) is 2.65. The van der Waals surface area contributed by atoms with Gasteiger partial charge >= 0.3 is 5.97 Å². The molecule has 0 spiro atoms. The van der Waals surface area contributed by atoms with Crippen molar-refractivity contribution in [3.05, 3.63) is 35.4 Å². The molecule has 1 aliphatic heterocycles. The van der Waals surface area contributed by atoms with Gasteiger partial charge in [0.15, 0.2) is 0 Å². The molecule has 1 aromatic rings. The van der Waals surface area contributed by atoms with Crippen LogP contribution in [0, 0.1) is 12.8 Å². The van der Waals surface area contributed by atoms with E-state index in [1.165, 1.54) is 43.2 Å². The summed E-state index contributed by atoms with van der Waals surface area (Å²) in [7, 11) is 0. The third-order valence-corrected chi connectivity index (χ3v) is 6.26. The molecule has 1 heterocycles. The standard InChI is InChI=1S/C18H24O2S/c1-13-7-9-14(10-8-13)16-11-20-18(19)17(16)12-21-15-5-3-2-4-6-15/h7-10,15-17H,2-6,11-12H2,1H3. The number of carbonyl (C=O) groups is 1. The second-order valence-electron chi connectivity index (χ2n) is 6.35. The van der Waals surface area contributed by atoms with Gasteiger partial charge in [-0.25, -0.2) is 0 Å². The molecule has 2 atom stereocenters. The molecule has 1 aliphatic carbocycles. The van der Waals surface area contributed by atoms with Crippen molar-refractivity contribution in [3.63, 3.8) is 0 Å². The molecule has 1 aromatic carbocycles. The van der Waals surface area contributed by atoms with Gasteiger partial charge in [0.1, 0.15) is 0 Å². The Kier molecular flexibility index (Phi) is 4.89. The minimum Gasteiger partial charge on any atom is -0.465 e. The van der Waals surface area contributed by atoms with E-state index in [2.05, 4.69) is 31.2 Å². The van der Waals surface area contributed by atoms with E-state index in [1.54, 1.807) is 0 Å². The van der Waals surface area contributed by atoms with Gasteiger partial charge in [-0.3, -0.25) is 4.79 Å². The average Bonchev–Trinajstić information content (AvgIpc) is 2.88. The van der Waals surface area contributed by atoms with Crippen LogP contribution in [0.2, 0.25) is 0 Å². The van der Waals surface area contributed by atoms with Crippen LogP contribution in [0.3, 0.4) is 0 Å². The van der Waals surface area contributed by atoms with Crippen LogP contribution in [0.5, 0.6) is 0 Å². The molecule has 2 nitrogen and oxygen atoms in total. The maximum atomic E-state index is 12.1. The monoisotopic (exact) mass is 304 g/mol. The van der Waals surface area contributed by atoms with E-state index in [0.29, 0.717) is 6.61 Å². The van der Waals surface area contributed by atoms with Crippen LogP contribution in [0.25, 0.3) is 0 Å². The fourth-order valence-electron chi connectivity index (χ4n) is 3.36. The van der Waals surface area contributed by atoms with Gasteiger partial charge in [0, 0.05) is 16.9 Å². The second kappa shape index (κ2) is 6.87. The van der Waals surface area contributed by atoms with Crippen molar-refractivity contribution in [2.24, 2.45) is 5.92 Å². The Morgan fingerprint density at radius 2 is 1.86 bits per heavy atom. The number of hydrogen-bond donors (Lipinski definition) is 0. The Bertz CT molecular complexity index is 476. The molecule has 0 aromatic heterocycles. The number of carbonyl (C=O) groups excluding carboxylic acids is 1. The molecule has 3 rings (SSSR count). The van der Waals surface area contributed by atoms with E-state index in [9.17, 15) is 4.79 Å². The fraction of sp³-hybridized carbons (Fsp3) is 0.611. The summed E-state index contributed by atoms with van der Waals surface area (Å²) >= 11 is 2.00. The number of cyclic esters (lactones) is 1. The predicted octanol–water partition coefficient (Wildman–Crippen LogP) is 4.32. The maximum Gasteiger partial charge on any atom is 0.310 e. The van der Waals surface area contributed by atoms with Crippen molar-refractivity contribution in [2.75, 3.05) is 12.4 Å². The quantitative estimate of drug-likeness (QED) is 0.775. The van der Waals surface area contributed by atoms with E-state index in [1.807, 2.05) is 11.8 Å². The van der Waals surface area contributed by atoms with Gasteiger partial charge in [0.25, 0.3) is 0 Å². The Morgan fingerprint density at radius 1 is 1.14 bits per heavy atom. The van der Waals surface area contributed by atoms with Crippen LogP contribution in [0.15, 0.2) is 24.3 Å². The molecule has 0 radical (unpaired) electrons. The molecule has 0 bridgehead atoms. The van der Waals surface area contributed by atoms with Crippen LogP contribution in [-0.4, -0.2) is 23.6 Å². The van der Waals surface area contributed by atoms with E-state index in [0.717, 1.165) is 11.0 Å². The molecule has 0 N–H and O–H groups in total. The van der Waals surface area contributed by atoms with Crippen LogP contribution >= 0.6 is 11.8 Å².